The molecule has 1 amide bonds. The number of nitrogens with one attached hydrogen (secondary N) is 2. The van der Waals surface area contributed by atoms with E-state index in [4.69, 9.17) is 9.47 Å². The van der Waals surface area contributed by atoms with E-state index in [1.165, 1.54) is 7.11 Å². The molecule has 2 aromatic rings. The summed E-state index contributed by atoms with van der Waals surface area (Å²) in [5.74, 6) is -0.303. The summed E-state index contributed by atoms with van der Waals surface area (Å²) < 4.78 is 12.8. The molecule has 176 valence electrons. The number of esters is 1. The van der Waals surface area contributed by atoms with Gasteiger partial charge in [0.1, 0.15) is 5.65 Å². The van der Waals surface area contributed by atoms with Crippen molar-refractivity contribution in [3.63, 3.8) is 0 Å². The molecule has 8 heteroatoms. The van der Waals surface area contributed by atoms with Gasteiger partial charge in [0.25, 0.3) is 0 Å². The van der Waals surface area contributed by atoms with Crippen LogP contribution in [0.4, 0.5) is 11.4 Å². The van der Waals surface area contributed by atoms with E-state index in [2.05, 4.69) is 29.5 Å². The Morgan fingerprint density at radius 1 is 1.31 bits per heavy atom. The van der Waals surface area contributed by atoms with Crippen molar-refractivity contribution in [2.24, 2.45) is 11.8 Å². The van der Waals surface area contributed by atoms with Gasteiger partial charge in [0, 0.05) is 24.5 Å². The maximum Gasteiger partial charge on any atom is 0.356 e. The molecule has 2 aromatic heterocycles. The minimum absolute atomic E-state index is 0.00266. The van der Waals surface area contributed by atoms with Gasteiger partial charge in [-0.05, 0) is 31.2 Å². The first-order valence-electron chi connectivity index (χ1n) is 11.7. The highest BCUT2D eigenvalue weighted by molar-refractivity contribution is 6.11. The van der Waals surface area contributed by atoms with E-state index in [1.807, 2.05) is 24.5 Å². The summed E-state index contributed by atoms with van der Waals surface area (Å²) in [6, 6.07) is 1.95. The smallest absolute Gasteiger partial charge is 0.356 e. The van der Waals surface area contributed by atoms with Crippen LogP contribution in [0.1, 0.15) is 63.9 Å². The summed E-state index contributed by atoms with van der Waals surface area (Å²) in [6.45, 7) is 10.2. The summed E-state index contributed by atoms with van der Waals surface area (Å²) in [7, 11) is 1.35. The summed E-state index contributed by atoms with van der Waals surface area (Å²) in [5, 5.41) is 7.14. The molecule has 3 atom stereocenters. The third-order valence-corrected chi connectivity index (χ3v) is 6.35. The number of methoxy groups -OCH3 is 1. The van der Waals surface area contributed by atoms with Gasteiger partial charge in [-0.25, -0.2) is 9.78 Å². The number of pyridine rings is 1. The van der Waals surface area contributed by atoms with Crippen LogP contribution in [0.3, 0.4) is 0 Å². The van der Waals surface area contributed by atoms with Crippen molar-refractivity contribution in [1.82, 2.24) is 9.55 Å². The quantitative estimate of drug-likeness (QED) is 0.526. The second-order valence-corrected chi connectivity index (χ2v) is 8.75. The van der Waals surface area contributed by atoms with E-state index in [-0.39, 0.29) is 17.9 Å². The Morgan fingerprint density at radius 3 is 2.72 bits per heavy atom. The summed E-state index contributed by atoms with van der Waals surface area (Å²) in [4.78, 5) is 30.4. The fourth-order valence-corrected chi connectivity index (χ4v) is 3.80. The highest BCUT2D eigenvalue weighted by Gasteiger charge is 2.29. The van der Waals surface area contributed by atoms with Crippen LogP contribution in [0, 0.1) is 11.8 Å². The number of amides is 1. The Hall–Kier alpha value is -2.61. The Labute approximate surface area is 190 Å². The van der Waals surface area contributed by atoms with Gasteiger partial charge in [-0.1, -0.05) is 34.1 Å². The van der Waals surface area contributed by atoms with Crippen molar-refractivity contribution in [3.8, 4) is 0 Å². The third-order valence-electron chi connectivity index (χ3n) is 6.35. The van der Waals surface area contributed by atoms with E-state index in [9.17, 15) is 9.59 Å². The zero-order valence-corrected chi connectivity index (χ0v) is 19.9. The zero-order valence-electron chi connectivity index (χ0n) is 19.9. The van der Waals surface area contributed by atoms with Crippen molar-refractivity contribution in [2.45, 2.75) is 66.0 Å². The molecule has 8 nitrogen and oxygen atoms in total. The molecular weight excluding hydrogens is 408 g/mol. The Kier molecular flexibility index (Phi) is 8.12. The SMILES string of the molecule is CCC(C)CNc1cnc2c(c1)c(NC(=O)C(C)CC)c(C(=O)OC)n2CC1CCCO1. The number of nitrogens with zero attached hydrogens (tertiary/aromatic N) is 2. The zero-order chi connectivity index (χ0) is 23.3. The molecule has 0 saturated carbocycles. The topological polar surface area (TPSA) is 94.5 Å². The molecule has 0 aromatic carbocycles. The number of hydrogen-bond acceptors (Lipinski definition) is 6. The maximum atomic E-state index is 12.9. The minimum atomic E-state index is -0.505. The Balaban J connectivity index is 2.11. The molecular formula is C24H36N4O4. The van der Waals surface area contributed by atoms with Gasteiger partial charge < -0.3 is 24.7 Å². The molecule has 0 aliphatic carbocycles. The molecule has 1 aliphatic heterocycles. The van der Waals surface area contributed by atoms with Gasteiger partial charge in [0.15, 0.2) is 5.69 Å². The molecule has 3 unspecified atom stereocenters. The Bertz CT molecular complexity index is 949. The minimum Gasteiger partial charge on any atom is -0.464 e. The molecule has 1 aliphatic rings. The van der Waals surface area contributed by atoms with Crippen molar-refractivity contribution < 1.29 is 19.1 Å². The Morgan fingerprint density at radius 2 is 2.09 bits per heavy atom. The predicted molar refractivity (Wildman–Crippen MR) is 126 cm³/mol. The van der Waals surface area contributed by atoms with E-state index in [1.54, 1.807) is 6.20 Å². The lowest BCUT2D eigenvalue weighted by Crippen LogP contribution is -2.23. The number of aromatic nitrogens is 2. The number of carbonyl (C=O) groups is 2. The van der Waals surface area contributed by atoms with Crippen molar-refractivity contribution in [1.29, 1.82) is 0 Å². The number of hydrogen-bond donors (Lipinski definition) is 2. The molecule has 0 spiro atoms. The van der Waals surface area contributed by atoms with Crippen LogP contribution in [0.25, 0.3) is 11.0 Å². The van der Waals surface area contributed by atoms with E-state index < -0.39 is 5.97 Å². The normalized spacial score (nSPS) is 17.8. The molecule has 2 N–H and O–H groups in total. The van der Waals surface area contributed by atoms with Gasteiger partial charge in [0.2, 0.25) is 5.91 Å². The van der Waals surface area contributed by atoms with Crippen LogP contribution >= 0.6 is 0 Å². The van der Waals surface area contributed by atoms with Crippen LogP contribution in [-0.4, -0.2) is 47.8 Å². The standard InChI is InChI=1S/C24H36N4O4/c1-6-15(3)12-25-17-11-19-20(27-23(29)16(4)7-2)21(24(30)31-5)28(22(19)26-13-17)14-18-9-8-10-32-18/h11,13,15-16,18,25H,6-10,12,14H2,1-5H3,(H,27,29). The van der Waals surface area contributed by atoms with Crippen molar-refractivity contribution in [3.05, 3.63) is 18.0 Å². The van der Waals surface area contributed by atoms with E-state index in [0.717, 1.165) is 31.5 Å². The van der Waals surface area contributed by atoms with E-state index in [0.29, 0.717) is 47.9 Å². The number of anilines is 2. The van der Waals surface area contributed by atoms with E-state index >= 15 is 0 Å². The van der Waals surface area contributed by atoms with Gasteiger partial charge >= 0.3 is 5.97 Å². The van der Waals surface area contributed by atoms with Gasteiger partial charge in [-0.3, -0.25) is 4.79 Å². The van der Waals surface area contributed by atoms with Crippen molar-refractivity contribution >= 4 is 34.3 Å². The second kappa shape index (κ2) is 10.8. The summed E-state index contributed by atoms with van der Waals surface area (Å²) in [6.07, 6.45) is 5.46. The largest absolute Gasteiger partial charge is 0.464 e. The number of carbonyl (C=O) groups excluding carboxylic acids is 2. The highest BCUT2D eigenvalue weighted by atomic mass is 16.5. The second-order valence-electron chi connectivity index (χ2n) is 8.75. The lowest BCUT2D eigenvalue weighted by Gasteiger charge is -2.15. The first-order valence-corrected chi connectivity index (χ1v) is 11.7. The van der Waals surface area contributed by atoms with Gasteiger partial charge in [0.05, 0.1) is 37.3 Å². The number of fused-ring (bicyclic) bond motifs is 1. The fraction of sp³-hybridized carbons (Fsp3) is 0.625. The fourth-order valence-electron chi connectivity index (χ4n) is 3.80. The third kappa shape index (κ3) is 5.23. The molecule has 3 heterocycles. The molecule has 3 rings (SSSR count). The lowest BCUT2D eigenvalue weighted by molar-refractivity contribution is -0.119. The lowest BCUT2D eigenvalue weighted by atomic mass is 10.1. The number of ether oxygens (including phenoxy) is 2. The van der Waals surface area contributed by atoms with Crippen LogP contribution in [0.2, 0.25) is 0 Å². The van der Waals surface area contributed by atoms with Crippen LogP contribution in [0.5, 0.6) is 0 Å². The van der Waals surface area contributed by atoms with Crippen LogP contribution < -0.4 is 10.6 Å². The first-order chi connectivity index (χ1) is 15.4. The molecule has 32 heavy (non-hydrogen) atoms. The van der Waals surface area contributed by atoms with Gasteiger partial charge in [-0.2, -0.15) is 0 Å². The maximum absolute atomic E-state index is 12.9. The number of rotatable bonds is 10. The monoisotopic (exact) mass is 444 g/mol. The predicted octanol–water partition coefficient (Wildman–Crippen LogP) is 4.44. The average molecular weight is 445 g/mol. The molecule has 0 radical (unpaired) electrons. The van der Waals surface area contributed by atoms with Crippen LogP contribution in [0.15, 0.2) is 12.3 Å². The highest BCUT2D eigenvalue weighted by Crippen LogP contribution is 2.34. The summed E-state index contributed by atoms with van der Waals surface area (Å²) in [5.41, 5.74) is 2.24. The van der Waals surface area contributed by atoms with Crippen LogP contribution in [-0.2, 0) is 20.8 Å². The van der Waals surface area contributed by atoms with Crippen molar-refractivity contribution in [2.75, 3.05) is 30.9 Å². The molecule has 1 saturated heterocycles. The molecule has 1 fully saturated rings. The van der Waals surface area contributed by atoms with Gasteiger partial charge in [-0.15, -0.1) is 0 Å². The average Bonchev–Trinajstić information content (AvgIpc) is 3.43. The first kappa shape index (κ1) is 24.0. The summed E-state index contributed by atoms with van der Waals surface area (Å²) >= 11 is 0. The molecule has 0 bridgehead atoms.